The van der Waals surface area contributed by atoms with E-state index in [1.807, 2.05) is 0 Å². The van der Waals surface area contributed by atoms with Gasteiger partial charge < -0.3 is 20.3 Å². The Kier molecular flexibility index (Phi) is 46.6. The monoisotopic (exact) mass is 818 g/mol. The van der Waals surface area contributed by atoms with Gasteiger partial charge in [-0.1, -0.05) is 205 Å². The quantitative estimate of drug-likeness (QED) is 0.0323. The maximum Gasteiger partial charge on any atom is 0.305 e. The molecule has 58 heavy (non-hydrogen) atoms. The molecule has 0 saturated heterocycles. The largest absolute Gasteiger partial charge is 0.466 e. The molecule has 6 nitrogen and oxygen atoms in total. The molecule has 0 rings (SSSR count). The highest BCUT2D eigenvalue weighted by molar-refractivity contribution is 5.76. The van der Waals surface area contributed by atoms with Crippen molar-refractivity contribution in [1.29, 1.82) is 0 Å². The van der Waals surface area contributed by atoms with Gasteiger partial charge in [-0.25, -0.2) is 0 Å². The van der Waals surface area contributed by atoms with Crippen molar-refractivity contribution in [2.75, 3.05) is 13.2 Å². The Balaban J connectivity index is 3.50. The number of ether oxygens (including phenoxy) is 1. The van der Waals surface area contributed by atoms with Gasteiger partial charge in [0.05, 0.1) is 25.4 Å². The van der Waals surface area contributed by atoms with Crippen LogP contribution in [0.3, 0.4) is 0 Å². The summed E-state index contributed by atoms with van der Waals surface area (Å²) in [6, 6.07) is -0.565. The molecule has 0 fully saturated rings. The molecule has 1 amide bonds. The fourth-order valence-corrected chi connectivity index (χ4v) is 7.74. The number of rotatable bonds is 47. The van der Waals surface area contributed by atoms with E-state index in [9.17, 15) is 19.8 Å². The van der Waals surface area contributed by atoms with Crippen LogP contribution in [0, 0.1) is 0 Å². The van der Waals surface area contributed by atoms with Gasteiger partial charge in [-0.05, 0) is 77.0 Å². The molecule has 0 aromatic rings. The molecule has 0 saturated carbocycles. The van der Waals surface area contributed by atoms with Crippen molar-refractivity contribution in [3.63, 3.8) is 0 Å². The molecular formula is C52H99NO5. The lowest BCUT2D eigenvalue weighted by atomic mass is 10.0. The second kappa shape index (κ2) is 48.0. The van der Waals surface area contributed by atoms with E-state index in [-0.39, 0.29) is 18.5 Å². The van der Waals surface area contributed by atoms with Crippen LogP contribution >= 0.6 is 0 Å². The van der Waals surface area contributed by atoms with Gasteiger partial charge in [0.1, 0.15) is 0 Å². The molecule has 0 aromatic heterocycles. The van der Waals surface area contributed by atoms with Gasteiger partial charge in [0.25, 0.3) is 0 Å². The zero-order chi connectivity index (χ0) is 42.3. The molecule has 342 valence electrons. The molecular weight excluding hydrogens is 719 g/mol. The van der Waals surface area contributed by atoms with E-state index < -0.39 is 12.1 Å². The first-order valence-corrected chi connectivity index (χ1v) is 25.6. The van der Waals surface area contributed by atoms with Gasteiger partial charge >= 0.3 is 5.97 Å². The summed E-state index contributed by atoms with van der Waals surface area (Å²) < 4.78 is 5.44. The minimum absolute atomic E-state index is 0.0372. The number of carbonyl (C=O) groups is 2. The second-order valence-electron chi connectivity index (χ2n) is 17.5. The zero-order valence-electron chi connectivity index (χ0n) is 38.8. The maximum atomic E-state index is 12.4. The van der Waals surface area contributed by atoms with E-state index in [0.29, 0.717) is 25.9 Å². The van der Waals surface area contributed by atoms with Crippen molar-refractivity contribution < 1.29 is 24.5 Å². The van der Waals surface area contributed by atoms with Crippen LogP contribution in [0.15, 0.2) is 24.3 Å². The highest BCUT2D eigenvalue weighted by atomic mass is 16.5. The van der Waals surface area contributed by atoms with Crippen LogP contribution in [0.1, 0.15) is 271 Å². The summed E-state index contributed by atoms with van der Waals surface area (Å²) in [4.78, 5) is 24.5. The lowest BCUT2D eigenvalue weighted by molar-refractivity contribution is -0.143. The van der Waals surface area contributed by atoms with Gasteiger partial charge in [0, 0.05) is 12.8 Å². The number of carbonyl (C=O) groups excluding carboxylic acids is 2. The number of allylic oxidation sites excluding steroid dienone is 4. The van der Waals surface area contributed by atoms with Crippen LogP contribution in [-0.4, -0.2) is 47.4 Å². The average molecular weight is 818 g/mol. The van der Waals surface area contributed by atoms with Crippen LogP contribution in [0.2, 0.25) is 0 Å². The topological polar surface area (TPSA) is 95.9 Å². The van der Waals surface area contributed by atoms with E-state index in [0.717, 1.165) is 77.0 Å². The van der Waals surface area contributed by atoms with Gasteiger partial charge in [0.15, 0.2) is 0 Å². The third kappa shape index (κ3) is 43.9. The lowest BCUT2D eigenvalue weighted by Gasteiger charge is -2.22. The summed E-state index contributed by atoms with van der Waals surface area (Å²) >= 11 is 0. The van der Waals surface area contributed by atoms with Crippen molar-refractivity contribution >= 4 is 11.9 Å². The Bertz CT molecular complexity index is 904. The van der Waals surface area contributed by atoms with Gasteiger partial charge in [-0.15, -0.1) is 0 Å². The smallest absolute Gasteiger partial charge is 0.305 e. The first-order valence-electron chi connectivity index (χ1n) is 25.6. The Morgan fingerprint density at radius 2 is 0.810 bits per heavy atom. The predicted molar refractivity (Wildman–Crippen MR) is 250 cm³/mol. The van der Waals surface area contributed by atoms with E-state index in [1.54, 1.807) is 0 Å². The molecule has 0 aliphatic heterocycles. The summed E-state index contributed by atoms with van der Waals surface area (Å²) in [5, 5.41) is 23.1. The minimum Gasteiger partial charge on any atom is -0.466 e. The number of unbranched alkanes of at least 4 members (excludes halogenated alkanes) is 32. The number of nitrogens with one attached hydrogen (secondary N) is 1. The van der Waals surface area contributed by atoms with Crippen LogP contribution in [0.5, 0.6) is 0 Å². The van der Waals surface area contributed by atoms with Gasteiger partial charge in [-0.2, -0.15) is 0 Å². The van der Waals surface area contributed by atoms with Gasteiger partial charge in [0.2, 0.25) is 5.91 Å². The van der Waals surface area contributed by atoms with E-state index in [2.05, 4.69) is 43.5 Å². The highest BCUT2D eigenvalue weighted by Crippen LogP contribution is 2.16. The van der Waals surface area contributed by atoms with Crippen molar-refractivity contribution in [2.24, 2.45) is 0 Å². The summed E-state index contributed by atoms with van der Waals surface area (Å²) in [7, 11) is 0. The summed E-state index contributed by atoms with van der Waals surface area (Å²) in [5.74, 6) is -0.109. The molecule has 0 radical (unpaired) electrons. The molecule has 0 aromatic carbocycles. The number of hydrogen-bond donors (Lipinski definition) is 3. The van der Waals surface area contributed by atoms with E-state index in [1.165, 1.54) is 161 Å². The minimum atomic E-state index is -0.684. The summed E-state index contributed by atoms with van der Waals surface area (Å²) in [6.07, 6.45) is 55.8. The Labute approximate surface area is 361 Å². The molecule has 0 aliphatic carbocycles. The summed E-state index contributed by atoms with van der Waals surface area (Å²) in [6.45, 7) is 4.85. The third-order valence-corrected chi connectivity index (χ3v) is 11.7. The van der Waals surface area contributed by atoms with Crippen LogP contribution in [0.4, 0.5) is 0 Å². The highest BCUT2D eigenvalue weighted by Gasteiger charge is 2.20. The fraction of sp³-hybridized carbons (Fsp3) is 0.885. The molecule has 0 bridgehead atoms. The van der Waals surface area contributed by atoms with Crippen LogP contribution < -0.4 is 5.32 Å². The standard InChI is InChI=1S/C52H99NO5/c1-3-5-7-9-11-13-15-17-18-19-20-21-22-23-25-30-34-38-42-46-52(57)58-47-43-39-35-31-27-26-29-33-37-41-45-51(56)53-49(48-54)50(55)44-40-36-32-28-24-16-14-12-10-8-6-4-2/h17-18,27,31,49-50,54-55H,3-16,19-26,28-30,32-48H2,1-2H3,(H,53,56)/b18-17-,31-27-. The van der Waals surface area contributed by atoms with E-state index >= 15 is 0 Å². The number of esters is 1. The number of aliphatic hydroxyl groups excluding tert-OH is 2. The van der Waals surface area contributed by atoms with Gasteiger partial charge in [-0.3, -0.25) is 9.59 Å². The van der Waals surface area contributed by atoms with Crippen molar-refractivity contribution in [3.8, 4) is 0 Å². The number of amides is 1. The molecule has 6 heteroatoms. The lowest BCUT2D eigenvalue weighted by Crippen LogP contribution is -2.45. The average Bonchev–Trinajstić information content (AvgIpc) is 3.22. The van der Waals surface area contributed by atoms with Crippen LogP contribution in [0.25, 0.3) is 0 Å². The normalized spacial score (nSPS) is 12.8. The third-order valence-electron chi connectivity index (χ3n) is 11.7. The molecule has 0 aliphatic rings. The fourth-order valence-electron chi connectivity index (χ4n) is 7.74. The Morgan fingerprint density at radius 3 is 1.22 bits per heavy atom. The molecule has 2 atom stereocenters. The van der Waals surface area contributed by atoms with Crippen LogP contribution in [-0.2, 0) is 14.3 Å². The van der Waals surface area contributed by atoms with Crippen molar-refractivity contribution in [2.45, 2.75) is 283 Å². The molecule has 2 unspecified atom stereocenters. The molecule has 0 heterocycles. The maximum absolute atomic E-state index is 12.4. The Morgan fingerprint density at radius 1 is 0.466 bits per heavy atom. The SMILES string of the molecule is CCCCCCCC/C=C\CCCCCCCCCCCC(=O)OCCCC/C=C\CCCCCCC(=O)NC(CO)C(O)CCCCCCCCCCCCCC. The zero-order valence-corrected chi connectivity index (χ0v) is 38.8. The number of hydrogen-bond acceptors (Lipinski definition) is 5. The first-order chi connectivity index (χ1) is 28.5. The number of aliphatic hydroxyl groups is 2. The Hall–Kier alpha value is -1.66. The van der Waals surface area contributed by atoms with Crippen molar-refractivity contribution in [3.05, 3.63) is 24.3 Å². The molecule has 3 N–H and O–H groups in total. The second-order valence-corrected chi connectivity index (χ2v) is 17.5. The van der Waals surface area contributed by atoms with Crippen molar-refractivity contribution in [1.82, 2.24) is 5.32 Å². The van der Waals surface area contributed by atoms with E-state index in [4.69, 9.17) is 4.74 Å². The predicted octanol–water partition coefficient (Wildman–Crippen LogP) is 15.1. The summed E-state index contributed by atoms with van der Waals surface area (Å²) in [5.41, 5.74) is 0. The first kappa shape index (κ1) is 56.3. The molecule has 0 spiro atoms.